The van der Waals surface area contributed by atoms with Crippen LogP contribution in [0, 0.1) is 5.82 Å². The van der Waals surface area contributed by atoms with Crippen molar-refractivity contribution in [2.24, 2.45) is 4.99 Å². The zero-order chi connectivity index (χ0) is 18.1. The van der Waals surface area contributed by atoms with E-state index in [9.17, 15) is 9.18 Å². The summed E-state index contributed by atoms with van der Waals surface area (Å²) in [5.74, 6) is 0.331. The number of hydrogen-bond donors (Lipinski definition) is 3. The molecule has 1 aromatic carbocycles. The van der Waals surface area contributed by atoms with Gasteiger partial charge in [-0.1, -0.05) is 12.1 Å². The SMILES string of the molecule is CN=C(NCCNC(=O)Cc1cccc(F)c1)NC1CCC(SC)C1.I. The number of aliphatic imine (C=N–C) groups is 1. The molecule has 8 heteroatoms. The second kappa shape index (κ2) is 12.4. The molecule has 2 atom stereocenters. The molecule has 1 amide bonds. The fourth-order valence-electron chi connectivity index (χ4n) is 2.95. The first kappa shape index (κ1) is 23.0. The first-order chi connectivity index (χ1) is 12.1. The lowest BCUT2D eigenvalue weighted by molar-refractivity contribution is -0.120. The van der Waals surface area contributed by atoms with Crippen LogP contribution in [0.5, 0.6) is 0 Å². The third-order valence-corrected chi connectivity index (χ3v) is 5.37. The number of rotatable bonds is 7. The van der Waals surface area contributed by atoms with Gasteiger partial charge in [-0.25, -0.2) is 4.39 Å². The maximum absolute atomic E-state index is 13.1. The van der Waals surface area contributed by atoms with E-state index in [0.29, 0.717) is 24.7 Å². The summed E-state index contributed by atoms with van der Waals surface area (Å²) in [6.45, 7) is 1.08. The van der Waals surface area contributed by atoms with Crippen LogP contribution in [0.25, 0.3) is 0 Å². The van der Waals surface area contributed by atoms with E-state index in [0.717, 1.165) is 24.1 Å². The van der Waals surface area contributed by atoms with Gasteiger partial charge in [0.2, 0.25) is 5.91 Å². The Morgan fingerprint density at radius 3 is 2.73 bits per heavy atom. The summed E-state index contributed by atoms with van der Waals surface area (Å²) in [4.78, 5) is 16.1. The van der Waals surface area contributed by atoms with Crippen LogP contribution in [0.15, 0.2) is 29.3 Å². The van der Waals surface area contributed by atoms with E-state index in [-0.39, 0.29) is 42.1 Å². The third kappa shape index (κ3) is 8.11. The highest BCUT2D eigenvalue weighted by atomic mass is 127. The lowest BCUT2D eigenvalue weighted by Gasteiger charge is -2.17. The van der Waals surface area contributed by atoms with Gasteiger partial charge in [-0.15, -0.1) is 24.0 Å². The zero-order valence-electron chi connectivity index (χ0n) is 15.3. The number of benzene rings is 1. The Labute approximate surface area is 176 Å². The Morgan fingerprint density at radius 2 is 2.08 bits per heavy atom. The number of amides is 1. The summed E-state index contributed by atoms with van der Waals surface area (Å²) in [5.41, 5.74) is 0.674. The molecule has 2 unspecified atom stereocenters. The number of halogens is 2. The number of carbonyl (C=O) groups excluding carboxylic acids is 1. The second-order valence-electron chi connectivity index (χ2n) is 6.17. The Kier molecular flexibility index (Phi) is 11.0. The molecule has 0 aromatic heterocycles. The van der Waals surface area contributed by atoms with Crippen LogP contribution in [0.1, 0.15) is 24.8 Å². The monoisotopic (exact) mass is 494 g/mol. The minimum Gasteiger partial charge on any atom is -0.355 e. The number of carbonyl (C=O) groups is 1. The first-order valence-electron chi connectivity index (χ1n) is 8.62. The van der Waals surface area contributed by atoms with Crippen LogP contribution in [0.4, 0.5) is 4.39 Å². The smallest absolute Gasteiger partial charge is 0.224 e. The highest BCUT2D eigenvalue weighted by Crippen LogP contribution is 2.27. The summed E-state index contributed by atoms with van der Waals surface area (Å²) >= 11 is 1.93. The molecule has 0 aliphatic heterocycles. The van der Waals surface area contributed by atoms with E-state index in [2.05, 4.69) is 27.2 Å². The minimum atomic E-state index is -0.322. The Bertz CT molecular complexity index is 602. The standard InChI is InChI=1S/C18H27FN4OS.HI/c1-20-18(23-15-6-7-16(12-15)25-2)22-9-8-21-17(24)11-13-4-3-5-14(19)10-13;/h3-5,10,15-16H,6-9,11-12H2,1-2H3,(H,21,24)(H2,20,22,23);1H. The normalized spacial score (nSPS) is 19.6. The summed E-state index contributed by atoms with van der Waals surface area (Å²) in [6.07, 6.45) is 5.91. The summed E-state index contributed by atoms with van der Waals surface area (Å²) in [5, 5.41) is 10.2. The van der Waals surface area contributed by atoms with E-state index < -0.39 is 0 Å². The molecular weight excluding hydrogens is 466 g/mol. The lowest BCUT2D eigenvalue weighted by Crippen LogP contribution is -2.45. The maximum Gasteiger partial charge on any atom is 0.224 e. The van der Waals surface area contributed by atoms with Crippen molar-refractivity contribution >= 4 is 47.6 Å². The molecule has 0 heterocycles. The summed E-state index contributed by atoms with van der Waals surface area (Å²) < 4.78 is 13.1. The molecule has 1 aliphatic rings. The predicted molar refractivity (Wildman–Crippen MR) is 118 cm³/mol. The van der Waals surface area contributed by atoms with Crippen molar-refractivity contribution in [1.82, 2.24) is 16.0 Å². The largest absolute Gasteiger partial charge is 0.355 e. The van der Waals surface area contributed by atoms with Gasteiger partial charge in [-0.2, -0.15) is 11.8 Å². The van der Waals surface area contributed by atoms with E-state index in [1.165, 1.54) is 18.6 Å². The molecule has 0 radical (unpaired) electrons. The number of nitrogens with one attached hydrogen (secondary N) is 3. The highest BCUT2D eigenvalue weighted by Gasteiger charge is 2.24. The molecule has 5 nitrogen and oxygen atoms in total. The molecule has 1 saturated carbocycles. The fourth-order valence-corrected chi connectivity index (χ4v) is 3.75. The van der Waals surface area contributed by atoms with Gasteiger partial charge < -0.3 is 16.0 Å². The van der Waals surface area contributed by atoms with Crippen molar-refractivity contribution in [1.29, 1.82) is 0 Å². The lowest BCUT2D eigenvalue weighted by atomic mass is 10.1. The van der Waals surface area contributed by atoms with Crippen molar-refractivity contribution < 1.29 is 9.18 Å². The van der Waals surface area contributed by atoms with Crippen molar-refractivity contribution in [3.05, 3.63) is 35.6 Å². The number of nitrogens with zero attached hydrogens (tertiary/aromatic N) is 1. The fraction of sp³-hybridized carbons (Fsp3) is 0.556. The molecule has 1 aromatic rings. The van der Waals surface area contributed by atoms with E-state index in [1.807, 2.05) is 11.8 Å². The van der Waals surface area contributed by atoms with E-state index in [4.69, 9.17) is 0 Å². The van der Waals surface area contributed by atoms with Gasteiger partial charge in [0.25, 0.3) is 0 Å². The third-order valence-electron chi connectivity index (χ3n) is 4.28. The Morgan fingerprint density at radius 1 is 1.31 bits per heavy atom. The van der Waals surface area contributed by atoms with Gasteiger partial charge in [0.15, 0.2) is 5.96 Å². The molecule has 0 saturated heterocycles. The minimum absolute atomic E-state index is 0. The molecule has 3 N–H and O–H groups in total. The Balaban J connectivity index is 0.00000338. The van der Waals surface area contributed by atoms with E-state index in [1.54, 1.807) is 19.2 Å². The Hall–Kier alpha value is -1.03. The van der Waals surface area contributed by atoms with Gasteiger partial charge >= 0.3 is 0 Å². The van der Waals surface area contributed by atoms with Gasteiger partial charge in [0.05, 0.1) is 6.42 Å². The molecule has 2 rings (SSSR count). The van der Waals surface area contributed by atoms with Crippen molar-refractivity contribution in [2.45, 2.75) is 37.0 Å². The van der Waals surface area contributed by atoms with Crippen LogP contribution in [-0.4, -0.2) is 49.6 Å². The molecule has 1 aliphatic carbocycles. The van der Waals surface area contributed by atoms with Gasteiger partial charge in [-0.05, 0) is 43.2 Å². The molecule has 0 spiro atoms. The van der Waals surface area contributed by atoms with Gasteiger partial charge in [0, 0.05) is 31.4 Å². The zero-order valence-corrected chi connectivity index (χ0v) is 18.4. The van der Waals surface area contributed by atoms with Crippen LogP contribution in [0.2, 0.25) is 0 Å². The average molecular weight is 494 g/mol. The van der Waals surface area contributed by atoms with Crippen LogP contribution in [0.3, 0.4) is 0 Å². The number of thioether (sulfide) groups is 1. The summed E-state index contributed by atoms with van der Waals surface area (Å²) in [7, 11) is 1.75. The number of guanidine groups is 1. The second-order valence-corrected chi connectivity index (χ2v) is 7.31. The van der Waals surface area contributed by atoms with Crippen LogP contribution < -0.4 is 16.0 Å². The summed E-state index contributed by atoms with van der Waals surface area (Å²) in [6, 6.07) is 6.57. The topological polar surface area (TPSA) is 65.5 Å². The molecule has 0 bridgehead atoms. The van der Waals surface area contributed by atoms with Crippen LogP contribution >= 0.6 is 35.7 Å². The highest BCUT2D eigenvalue weighted by molar-refractivity contribution is 14.0. The average Bonchev–Trinajstić information content (AvgIpc) is 3.05. The van der Waals surface area contributed by atoms with Gasteiger partial charge in [-0.3, -0.25) is 9.79 Å². The molecule has 1 fully saturated rings. The quantitative estimate of drug-likeness (QED) is 0.236. The van der Waals surface area contributed by atoms with Crippen molar-refractivity contribution in [3.63, 3.8) is 0 Å². The van der Waals surface area contributed by atoms with Crippen molar-refractivity contribution in [2.75, 3.05) is 26.4 Å². The molecule has 26 heavy (non-hydrogen) atoms. The van der Waals surface area contributed by atoms with E-state index >= 15 is 0 Å². The van der Waals surface area contributed by atoms with Crippen molar-refractivity contribution in [3.8, 4) is 0 Å². The molecular formula is C18H28FIN4OS. The van der Waals surface area contributed by atoms with Gasteiger partial charge in [0.1, 0.15) is 5.82 Å². The predicted octanol–water partition coefficient (Wildman–Crippen LogP) is 2.55. The number of hydrogen-bond acceptors (Lipinski definition) is 3. The molecule has 146 valence electrons. The maximum atomic E-state index is 13.1. The first-order valence-corrected chi connectivity index (χ1v) is 9.90. The van der Waals surface area contributed by atoms with Crippen LogP contribution in [-0.2, 0) is 11.2 Å².